The molecule has 0 bridgehead atoms. The number of nitrogens with one attached hydrogen (secondary N) is 1. The van der Waals surface area contributed by atoms with E-state index in [9.17, 15) is 8.42 Å². The van der Waals surface area contributed by atoms with Gasteiger partial charge in [-0.25, -0.2) is 13.1 Å². The SMILES string of the molecule is Cl.NCC1(NS(=O)(=O)c2ccc3c(c2)OCO3)CCCC1. The Morgan fingerprint density at radius 1 is 1.19 bits per heavy atom. The van der Waals surface area contributed by atoms with Gasteiger partial charge in [-0.05, 0) is 25.0 Å². The number of sulfonamides is 1. The van der Waals surface area contributed by atoms with E-state index < -0.39 is 15.6 Å². The highest BCUT2D eigenvalue weighted by Gasteiger charge is 2.37. The molecule has 1 aliphatic heterocycles. The van der Waals surface area contributed by atoms with Gasteiger partial charge in [0.1, 0.15) is 0 Å². The standard InChI is InChI=1S/C13H18N2O4S.ClH/c14-8-13(5-1-2-6-13)15-20(16,17)10-3-4-11-12(7-10)19-9-18-11;/h3-4,7,15H,1-2,5-6,8-9,14H2;1H. The second kappa shape index (κ2) is 6.00. The molecule has 0 aromatic heterocycles. The van der Waals surface area contributed by atoms with E-state index in [-0.39, 0.29) is 24.1 Å². The number of halogens is 1. The third kappa shape index (κ3) is 3.11. The lowest BCUT2D eigenvalue weighted by Crippen LogP contribution is -2.51. The highest BCUT2D eigenvalue weighted by atomic mass is 35.5. The molecule has 21 heavy (non-hydrogen) atoms. The lowest BCUT2D eigenvalue weighted by Gasteiger charge is -2.28. The van der Waals surface area contributed by atoms with Gasteiger partial charge in [0.25, 0.3) is 0 Å². The Kier molecular flexibility index (Phi) is 4.67. The Balaban J connectivity index is 0.00000161. The fraction of sp³-hybridized carbons (Fsp3) is 0.538. The van der Waals surface area contributed by atoms with Crippen LogP contribution in [0.25, 0.3) is 0 Å². The number of benzene rings is 1. The molecule has 3 N–H and O–H groups in total. The van der Waals surface area contributed by atoms with Gasteiger partial charge in [-0.1, -0.05) is 12.8 Å². The fourth-order valence-corrected chi connectivity index (χ4v) is 4.27. The predicted molar refractivity (Wildman–Crippen MR) is 80.4 cm³/mol. The molecule has 1 aliphatic carbocycles. The van der Waals surface area contributed by atoms with E-state index in [0.717, 1.165) is 25.7 Å². The van der Waals surface area contributed by atoms with E-state index >= 15 is 0 Å². The van der Waals surface area contributed by atoms with Gasteiger partial charge in [-0.15, -0.1) is 12.4 Å². The van der Waals surface area contributed by atoms with Crippen molar-refractivity contribution in [2.24, 2.45) is 5.73 Å². The fourth-order valence-electron chi connectivity index (χ4n) is 2.79. The number of hydrogen-bond acceptors (Lipinski definition) is 5. The Morgan fingerprint density at radius 2 is 1.86 bits per heavy atom. The van der Waals surface area contributed by atoms with Crippen molar-refractivity contribution < 1.29 is 17.9 Å². The van der Waals surface area contributed by atoms with Crippen LogP contribution in [0, 0.1) is 0 Å². The van der Waals surface area contributed by atoms with Crippen molar-refractivity contribution in [1.82, 2.24) is 4.72 Å². The van der Waals surface area contributed by atoms with Crippen LogP contribution < -0.4 is 19.9 Å². The molecule has 0 spiro atoms. The number of ether oxygens (including phenoxy) is 2. The van der Waals surface area contributed by atoms with Gasteiger partial charge in [0.15, 0.2) is 11.5 Å². The van der Waals surface area contributed by atoms with Crippen LogP contribution in [0.4, 0.5) is 0 Å². The van der Waals surface area contributed by atoms with Crippen LogP contribution in [0.15, 0.2) is 23.1 Å². The van der Waals surface area contributed by atoms with Gasteiger partial charge in [0, 0.05) is 18.2 Å². The van der Waals surface area contributed by atoms with Crippen molar-refractivity contribution >= 4 is 22.4 Å². The van der Waals surface area contributed by atoms with E-state index in [0.29, 0.717) is 18.0 Å². The summed E-state index contributed by atoms with van der Waals surface area (Å²) >= 11 is 0. The molecule has 0 unspecified atom stereocenters. The summed E-state index contributed by atoms with van der Waals surface area (Å²) in [5.41, 5.74) is 5.27. The maximum absolute atomic E-state index is 12.5. The molecule has 2 aliphatic rings. The zero-order valence-electron chi connectivity index (χ0n) is 11.5. The topological polar surface area (TPSA) is 90.7 Å². The Hall–Kier alpha value is -1.02. The van der Waals surface area contributed by atoms with Crippen molar-refractivity contribution in [1.29, 1.82) is 0 Å². The number of rotatable bonds is 4. The van der Waals surface area contributed by atoms with Crippen molar-refractivity contribution in [3.8, 4) is 11.5 Å². The maximum atomic E-state index is 12.5. The average molecular weight is 335 g/mol. The Morgan fingerprint density at radius 3 is 2.52 bits per heavy atom. The molecule has 1 heterocycles. The molecule has 118 valence electrons. The summed E-state index contributed by atoms with van der Waals surface area (Å²) in [6, 6.07) is 4.62. The van der Waals surface area contributed by atoms with Crippen LogP contribution in [0.5, 0.6) is 11.5 Å². The summed E-state index contributed by atoms with van der Waals surface area (Å²) in [6.07, 6.45) is 3.57. The Bertz CT molecular complexity index is 615. The van der Waals surface area contributed by atoms with Crippen LogP contribution >= 0.6 is 12.4 Å². The zero-order valence-corrected chi connectivity index (χ0v) is 13.1. The summed E-state index contributed by atoms with van der Waals surface area (Å²) in [6.45, 7) is 0.440. The van der Waals surface area contributed by atoms with Gasteiger partial charge in [0.05, 0.1) is 4.90 Å². The van der Waals surface area contributed by atoms with Gasteiger partial charge >= 0.3 is 0 Å². The molecule has 1 aromatic rings. The predicted octanol–water partition coefficient (Wildman–Crippen LogP) is 1.39. The summed E-state index contributed by atoms with van der Waals surface area (Å²) < 4.78 is 38.2. The normalized spacial score (nSPS) is 19.3. The van der Waals surface area contributed by atoms with Gasteiger partial charge in [-0.2, -0.15) is 0 Å². The highest BCUT2D eigenvalue weighted by Crippen LogP contribution is 2.35. The van der Waals surface area contributed by atoms with Crippen molar-refractivity contribution in [2.75, 3.05) is 13.3 Å². The lowest BCUT2D eigenvalue weighted by molar-refractivity contribution is 0.174. The quantitative estimate of drug-likeness (QED) is 0.868. The average Bonchev–Trinajstić information content (AvgIpc) is 3.06. The van der Waals surface area contributed by atoms with E-state index in [1.54, 1.807) is 6.07 Å². The molecule has 0 atom stereocenters. The first-order valence-electron chi connectivity index (χ1n) is 6.68. The minimum Gasteiger partial charge on any atom is -0.454 e. The lowest BCUT2D eigenvalue weighted by atomic mass is 10.0. The monoisotopic (exact) mass is 334 g/mol. The maximum Gasteiger partial charge on any atom is 0.241 e. The molecule has 8 heteroatoms. The highest BCUT2D eigenvalue weighted by molar-refractivity contribution is 7.89. The van der Waals surface area contributed by atoms with Gasteiger partial charge < -0.3 is 15.2 Å². The van der Waals surface area contributed by atoms with Gasteiger partial charge in [0.2, 0.25) is 16.8 Å². The molecule has 6 nitrogen and oxygen atoms in total. The Labute approximate surface area is 130 Å². The van der Waals surface area contributed by atoms with Crippen LogP contribution in [-0.4, -0.2) is 27.3 Å². The first-order valence-corrected chi connectivity index (χ1v) is 8.17. The molecule has 0 radical (unpaired) electrons. The summed E-state index contributed by atoms with van der Waals surface area (Å²) in [5.74, 6) is 1.03. The molecule has 0 saturated heterocycles. The number of fused-ring (bicyclic) bond motifs is 1. The van der Waals surface area contributed by atoms with Gasteiger partial charge in [-0.3, -0.25) is 0 Å². The molecule has 0 amide bonds. The van der Waals surface area contributed by atoms with Crippen LogP contribution in [0.1, 0.15) is 25.7 Å². The summed E-state index contributed by atoms with van der Waals surface area (Å²) in [5, 5.41) is 0. The molecule has 1 saturated carbocycles. The second-order valence-electron chi connectivity index (χ2n) is 5.31. The van der Waals surface area contributed by atoms with Crippen LogP contribution in [-0.2, 0) is 10.0 Å². The van der Waals surface area contributed by atoms with Crippen LogP contribution in [0.2, 0.25) is 0 Å². The molecule has 3 rings (SSSR count). The molecular weight excluding hydrogens is 316 g/mol. The molecule has 1 aromatic carbocycles. The third-order valence-electron chi connectivity index (χ3n) is 3.96. The van der Waals surface area contributed by atoms with Crippen molar-refractivity contribution in [2.45, 2.75) is 36.1 Å². The summed E-state index contributed by atoms with van der Waals surface area (Å²) in [4.78, 5) is 0.182. The van der Waals surface area contributed by atoms with E-state index in [4.69, 9.17) is 15.2 Å². The number of nitrogens with two attached hydrogens (primary N) is 1. The van der Waals surface area contributed by atoms with Crippen molar-refractivity contribution in [3.05, 3.63) is 18.2 Å². The molecule has 1 fully saturated rings. The summed E-state index contributed by atoms with van der Waals surface area (Å²) in [7, 11) is -3.60. The van der Waals surface area contributed by atoms with Crippen molar-refractivity contribution in [3.63, 3.8) is 0 Å². The smallest absolute Gasteiger partial charge is 0.241 e. The first kappa shape index (κ1) is 16.4. The minimum absolute atomic E-state index is 0. The van der Waals surface area contributed by atoms with E-state index in [2.05, 4.69) is 4.72 Å². The van der Waals surface area contributed by atoms with Crippen LogP contribution in [0.3, 0.4) is 0 Å². The van der Waals surface area contributed by atoms with E-state index in [1.165, 1.54) is 12.1 Å². The minimum atomic E-state index is -3.60. The number of hydrogen-bond donors (Lipinski definition) is 2. The van der Waals surface area contributed by atoms with E-state index in [1.807, 2.05) is 0 Å². The molecular formula is C13H19ClN2O4S. The largest absolute Gasteiger partial charge is 0.454 e. The zero-order chi connectivity index (χ0) is 14.2. The third-order valence-corrected chi connectivity index (χ3v) is 5.53. The second-order valence-corrected chi connectivity index (χ2v) is 6.99. The first-order chi connectivity index (χ1) is 9.55.